The molecule has 0 aromatic rings. The lowest BCUT2D eigenvalue weighted by molar-refractivity contribution is 0.0778. The summed E-state index contributed by atoms with van der Waals surface area (Å²) in [5.74, 6) is 1.63. The Morgan fingerprint density at radius 1 is 1.20 bits per heavy atom. The van der Waals surface area contributed by atoms with E-state index in [0.717, 1.165) is 38.6 Å². The Morgan fingerprint density at radius 3 is 2.48 bits per heavy atom. The molecule has 1 saturated heterocycles. The van der Waals surface area contributed by atoms with Crippen LogP contribution in [0.2, 0.25) is 0 Å². The molecule has 0 amide bonds. The molecular weight excluding hydrogens is 427 g/mol. The van der Waals surface area contributed by atoms with Crippen molar-refractivity contribution in [2.24, 2.45) is 16.3 Å². The van der Waals surface area contributed by atoms with E-state index in [2.05, 4.69) is 29.4 Å². The zero-order valence-electron chi connectivity index (χ0n) is 16.5. The van der Waals surface area contributed by atoms with Crippen LogP contribution in [0.15, 0.2) is 4.99 Å². The molecular formula is C19H39IN4O. The maximum absolute atomic E-state index is 5.29. The number of likely N-dealkylation sites (tertiary alicyclic amines) is 1. The van der Waals surface area contributed by atoms with Crippen molar-refractivity contribution in [3.63, 3.8) is 0 Å². The molecule has 2 fully saturated rings. The number of nitrogens with one attached hydrogen (secondary N) is 2. The van der Waals surface area contributed by atoms with Gasteiger partial charge in [-0.25, -0.2) is 0 Å². The van der Waals surface area contributed by atoms with Gasteiger partial charge in [0.15, 0.2) is 5.96 Å². The number of methoxy groups -OCH3 is 1. The topological polar surface area (TPSA) is 48.9 Å². The normalized spacial score (nSPS) is 21.3. The molecule has 1 aliphatic carbocycles. The number of hydrogen-bond donors (Lipinski definition) is 2. The molecule has 1 unspecified atom stereocenters. The summed E-state index contributed by atoms with van der Waals surface area (Å²) in [5, 5.41) is 6.95. The second-order valence-electron chi connectivity index (χ2n) is 7.79. The molecule has 2 N–H and O–H groups in total. The predicted molar refractivity (Wildman–Crippen MR) is 117 cm³/mol. The summed E-state index contributed by atoms with van der Waals surface area (Å²) in [6, 6.07) is 0. The SMILES string of the molecule is CCNC(=NCC1(CCOC)CCC1)NCC(C)CN1CCCC1.I. The second-order valence-corrected chi connectivity index (χ2v) is 7.79. The van der Waals surface area contributed by atoms with Gasteiger partial charge in [0.2, 0.25) is 0 Å². The van der Waals surface area contributed by atoms with Gasteiger partial charge >= 0.3 is 0 Å². The average molecular weight is 466 g/mol. The molecule has 1 heterocycles. The van der Waals surface area contributed by atoms with Crippen molar-refractivity contribution >= 4 is 29.9 Å². The van der Waals surface area contributed by atoms with Crippen molar-refractivity contribution in [2.75, 3.05) is 53.0 Å². The fraction of sp³-hybridized carbons (Fsp3) is 0.947. The van der Waals surface area contributed by atoms with Crippen LogP contribution in [-0.4, -0.2) is 63.8 Å². The first-order chi connectivity index (χ1) is 11.7. The quantitative estimate of drug-likeness (QED) is 0.295. The van der Waals surface area contributed by atoms with Gasteiger partial charge in [-0.15, -0.1) is 24.0 Å². The number of nitrogens with zero attached hydrogens (tertiary/aromatic N) is 2. The monoisotopic (exact) mass is 466 g/mol. The fourth-order valence-corrected chi connectivity index (χ4v) is 3.81. The van der Waals surface area contributed by atoms with Crippen LogP contribution in [0.25, 0.3) is 0 Å². The molecule has 0 bridgehead atoms. The van der Waals surface area contributed by atoms with E-state index < -0.39 is 0 Å². The van der Waals surface area contributed by atoms with E-state index in [4.69, 9.17) is 9.73 Å². The minimum atomic E-state index is 0. The van der Waals surface area contributed by atoms with Gasteiger partial charge in [0.05, 0.1) is 0 Å². The molecule has 0 spiro atoms. The zero-order valence-corrected chi connectivity index (χ0v) is 18.8. The third-order valence-corrected chi connectivity index (χ3v) is 5.55. The lowest BCUT2D eigenvalue weighted by Gasteiger charge is -2.40. The number of rotatable bonds is 10. The first-order valence-corrected chi connectivity index (χ1v) is 9.91. The number of aliphatic imine (C=N–C) groups is 1. The maximum atomic E-state index is 5.29. The van der Waals surface area contributed by atoms with Gasteiger partial charge in [-0.2, -0.15) is 0 Å². The highest BCUT2D eigenvalue weighted by Gasteiger charge is 2.36. The first kappa shape index (κ1) is 23.0. The maximum Gasteiger partial charge on any atom is 0.191 e. The highest BCUT2D eigenvalue weighted by atomic mass is 127. The van der Waals surface area contributed by atoms with E-state index >= 15 is 0 Å². The van der Waals surface area contributed by atoms with Gasteiger partial charge in [-0.05, 0) is 63.5 Å². The van der Waals surface area contributed by atoms with Crippen molar-refractivity contribution < 1.29 is 4.74 Å². The highest BCUT2D eigenvalue weighted by Crippen LogP contribution is 2.44. The second kappa shape index (κ2) is 12.3. The fourth-order valence-electron chi connectivity index (χ4n) is 3.81. The Bertz CT molecular complexity index is 382. The molecule has 2 aliphatic rings. The molecule has 25 heavy (non-hydrogen) atoms. The molecule has 5 nitrogen and oxygen atoms in total. The van der Waals surface area contributed by atoms with E-state index in [-0.39, 0.29) is 24.0 Å². The molecule has 6 heteroatoms. The summed E-state index contributed by atoms with van der Waals surface area (Å²) >= 11 is 0. The summed E-state index contributed by atoms with van der Waals surface area (Å²) < 4.78 is 5.29. The van der Waals surface area contributed by atoms with Crippen molar-refractivity contribution in [1.82, 2.24) is 15.5 Å². The van der Waals surface area contributed by atoms with Crippen LogP contribution < -0.4 is 10.6 Å². The predicted octanol–water partition coefficient (Wildman–Crippen LogP) is 3.10. The van der Waals surface area contributed by atoms with Crippen LogP contribution in [0.5, 0.6) is 0 Å². The number of halogens is 1. The van der Waals surface area contributed by atoms with Gasteiger partial charge in [0.25, 0.3) is 0 Å². The Labute approximate surface area is 171 Å². The third kappa shape index (κ3) is 7.99. The molecule has 2 rings (SSSR count). The standard InChI is InChI=1S/C19H38N4O.HI/c1-4-20-18(21-14-17(2)15-23-11-5-6-12-23)22-16-19(8-7-9-19)10-13-24-3;/h17H,4-16H2,1-3H3,(H2,20,21,22);1H. The van der Waals surface area contributed by atoms with Crippen molar-refractivity contribution in [2.45, 2.75) is 52.4 Å². The summed E-state index contributed by atoms with van der Waals surface area (Å²) in [6.45, 7) is 11.9. The Balaban J connectivity index is 0.00000312. The van der Waals surface area contributed by atoms with Crippen LogP contribution in [0, 0.1) is 11.3 Å². The molecule has 0 aromatic heterocycles. The van der Waals surface area contributed by atoms with Crippen LogP contribution in [-0.2, 0) is 4.74 Å². The van der Waals surface area contributed by atoms with Gasteiger partial charge in [0.1, 0.15) is 0 Å². The van der Waals surface area contributed by atoms with E-state index in [1.54, 1.807) is 7.11 Å². The highest BCUT2D eigenvalue weighted by molar-refractivity contribution is 14.0. The average Bonchev–Trinajstić information content (AvgIpc) is 3.04. The van der Waals surface area contributed by atoms with E-state index in [1.807, 2.05) is 0 Å². The van der Waals surface area contributed by atoms with E-state index in [0.29, 0.717) is 11.3 Å². The van der Waals surface area contributed by atoms with E-state index in [1.165, 1.54) is 51.7 Å². The zero-order chi connectivity index (χ0) is 17.3. The van der Waals surface area contributed by atoms with Crippen LogP contribution in [0.3, 0.4) is 0 Å². The van der Waals surface area contributed by atoms with Crippen LogP contribution in [0.1, 0.15) is 52.4 Å². The van der Waals surface area contributed by atoms with Gasteiger partial charge in [0, 0.05) is 39.9 Å². The summed E-state index contributed by atoms with van der Waals surface area (Å²) in [7, 11) is 1.79. The van der Waals surface area contributed by atoms with Gasteiger partial charge in [-0.1, -0.05) is 13.3 Å². The van der Waals surface area contributed by atoms with Crippen molar-refractivity contribution in [3.05, 3.63) is 0 Å². The largest absolute Gasteiger partial charge is 0.385 e. The van der Waals surface area contributed by atoms with Gasteiger partial charge in [-0.3, -0.25) is 4.99 Å². The molecule has 0 aromatic carbocycles. The molecule has 1 atom stereocenters. The van der Waals surface area contributed by atoms with E-state index in [9.17, 15) is 0 Å². The minimum Gasteiger partial charge on any atom is -0.385 e. The smallest absolute Gasteiger partial charge is 0.191 e. The molecule has 148 valence electrons. The summed E-state index contributed by atoms with van der Waals surface area (Å²) in [5.41, 5.74) is 0.388. The van der Waals surface area contributed by atoms with Crippen LogP contribution >= 0.6 is 24.0 Å². The Hall–Kier alpha value is -0.0800. The third-order valence-electron chi connectivity index (χ3n) is 5.55. The molecule has 0 radical (unpaired) electrons. The molecule has 1 aliphatic heterocycles. The van der Waals surface area contributed by atoms with Crippen molar-refractivity contribution in [1.29, 1.82) is 0 Å². The first-order valence-electron chi connectivity index (χ1n) is 9.91. The van der Waals surface area contributed by atoms with Crippen molar-refractivity contribution in [3.8, 4) is 0 Å². The minimum absolute atomic E-state index is 0. The van der Waals surface area contributed by atoms with Gasteiger partial charge < -0.3 is 20.3 Å². The lowest BCUT2D eigenvalue weighted by Crippen LogP contribution is -2.43. The van der Waals surface area contributed by atoms with Crippen LogP contribution in [0.4, 0.5) is 0 Å². The molecule has 1 saturated carbocycles. The summed E-state index contributed by atoms with van der Waals surface area (Å²) in [6.07, 6.45) is 7.81. The lowest BCUT2D eigenvalue weighted by atomic mass is 9.67. The Kier molecular flexibility index (Phi) is 11.3. The number of ether oxygens (including phenoxy) is 1. The number of guanidine groups is 1. The number of hydrogen-bond acceptors (Lipinski definition) is 3. The Morgan fingerprint density at radius 2 is 1.92 bits per heavy atom. The summed E-state index contributed by atoms with van der Waals surface area (Å²) in [4.78, 5) is 7.48.